The van der Waals surface area contributed by atoms with Crippen LogP contribution in [0.3, 0.4) is 0 Å². The highest BCUT2D eigenvalue weighted by atomic mass is 19.1. The van der Waals surface area contributed by atoms with Crippen molar-refractivity contribution in [2.45, 2.75) is 45.7 Å². The Morgan fingerprint density at radius 2 is 2.11 bits per heavy atom. The van der Waals surface area contributed by atoms with E-state index in [-0.39, 0.29) is 11.4 Å². The van der Waals surface area contributed by atoms with Crippen LogP contribution in [0.5, 0.6) is 0 Å². The van der Waals surface area contributed by atoms with Crippen LogP contribution in [0.25, 0.3) is 0 Å². The van der Waals surface area contributed by atoms with Gasteiger partial charge in [0.05, 0.1) is 12.1 Å². The summed E-state index contributed by atoms with van der Waals surface area (Å²) in [5.74, 6) is 0.610. The minimum absolute atomic E-state index is 0.0769. The summed E-state index contributed by atoms with van der Waals surface area (Å²) in [5.41, 5.74) is 1.82. The van der Waals surface area contributed by atoms with Crippen molar-refractivity contribution >= 4 is 5.96 Å². The van der Waals surface area contributed by atoms with Crippen molar-refractivity contribution in [2.75, 3.05) is 6.54 Å². The van der Waals surface area contributed by atoms with Gasteiger partial charge in [0.1, 0.15) is 5.82 Å². The number of rotatable bonds is 4. The highest BCUT2D eigenvalue weighted by molar-refractivity contribution is 5.82. The maximum atomic E-state index is 13.6. The first kappa shape index (κ1) is 13.8. The second kappa shape index (κ2) is 5.59. The van der Waals surface area contributed by atoms with Crippen molar-refractivity contribution in [2.24, 2.45) is 4.99 Å². The van der Waals surface area contributed by atoms with Gasteiger partial charge in [-0.05, 0) is 25.8 Å². The van der Waals surface area contributed by atoms with Crippen LogP contribution in [0.1, 0.15) is 37.8 Å². The molecule has 0 bridgehead atoms. The van der Waals surface area contributed by atoms with E-state index in [1.54, 1.807) is 6.07 Å². The summed E-state index contributed by atoms with van der Waals surface area (Å²) < 4.78 is 13.6. The second-order valence-corrected chi connectivity index (χ2v) is 5.23. The van der Waals surface area contributed by atoms with Gasteiger partial charge < -0.3 is 10.6 Å². The number of guanidine groups is 1. The monoisotopic (exact) mass is 263 g/mol. The van der Waals surface area contributed by atoms with E-state index in [1.807, 2.05) is 13.0 Å². The van der Waals surface area contributed by atoms with Crippen molar-refractivity contribution in [1.29, 1.82) is 0 Å². The molecule has 1 heterocycles. The van der Waals surface area contributed by atoms with Crippen molar-refractivity contribution < 1.29 is 4.39 Å². The molecule has 1 aromatic rings. The SMILES string of the molecule is CCC1(CC)CN=C(NCc2cc(C)ccc2F)N1. The first-order chi connectivity index (χ1) is 9.08. The van der Waals surface area contributed by atoms with Gasteiger partial charge in [0.2, 0.25) is 0 Å². The van der Waals surface area contributed by atoms with Crippen LogP contribution in [-0.2, 0) is 6.54 Å². The summed E-state index contributed by atoms with van der Waals surface area (Å²) in [6.45, 7) is 7.54. The molecule has 0 aromatic heterocycles. The van der Waals surface area contributed by atoms with E-state index in [9.17, 15) is 4.39 Å². The lowest BCUT2D eigenvalue weighted by molar-refractivity contribution is 0.383. The number of halogens is 1. The summed E-state index contributed by atoms with van der Waals surface area (Å²) in [5, 5.41) is 6.61. The van der Waals surface area contributed by atoms with Gasteiger partial charge in [-0.25, -0.2) is 4.39 Å². The van der Waals surface area contributed by atoms with Crippen LogP contribution in [0.15, 0.2) is 23.2 Å². The van der Waals surface area contributed by atoms with Crippen LogP contribution in [0.4, 0.5) is 4.39 Å². The van der Waals surface area contributed by atoms with Gasteiger partial charge in [-0.1, -0.05) is 31.5 Å². The zero-order valence-electron chi connectivity index (χ0n) is 11.9. The molecule has 1 aliphatic rings. The summed E-state index contributed by atoms with van der Waals surface area (Å²) in [4.78, 5) is 4.47. The average molecular weight is 263 g/mol. The molecular weight excluding hydrogens is 241 g/mol. The molecule has 0 radical (unpaired) electrons. The normalized spacial score (nSPS) is 16.9. The minimum atomic E-state index is -0.172. The van der Waals surface area contributed by atoms with Gasteiger partial charge in [-0.2, -0.15) is 0 Å². The molecule has 1 aliphatic heterocycles. The van der Waals surface area contributed by atoms with Crippen molar-refractivity contribution in [3.05, 3.63) is 35.1 Å². The van der Waals surface area contributed by atoms with Crippen molar-refractivity contribution in [3.8, 4) is 0 Å². The Balaban J connectivity index is 1.95. The summed E-state index contributed by atoms with van der Waals surface area (Å²) in [6.07, 6.45) is 2.08. The molecule has 0 saturated heterocycles. The van der Waals surface area contributed by atoms with Gasteiger partial charge in [-0.15, -0.1) is 0 Å². The van der Waals surface area contributed by atoms with Gasteiger partial charge >= 0.3 is 0 Å². The topological polar surface area (TPSA) is 36.4 Å². The van der Waals surface area contributed by atoms with E-state index >= 15 is 0 Å². The molecule has 4 heteroatoms. The Bertz CT molecular complexity index is 478. The molecule has 0 atom stereocenters. The number of nitrogens with zero attached hydrogens (tertiary/aromatic N) is 1. The van der Waals surface area contributed by atoms with Gasteiger partial charge in [0.25, 0.3) is 0 Å². The molecule has 2 N–H and O–H groups in total. The molecule has 0 spiro atoms. The number of hydrogen-bond donors (Lipinski definition) is 2. The number of nitrogens with one attached hydrogen (secondary N) is 2. The van der Waals surface area contributed by atoms with E-state index in [0.717, 1.165) is 30.9 Å². The minimum Gasteiger partial charge on any atom is -0.352 e. The van der Waals surface area contributed by atoms with E-state index < -0.39 is 0 Å². The fourth-order valence-electron chi connectivity index (χ4n) is 2.33. The Kier molecular flexibility index (Phi) is 4.08. The quantitative estimate of drug-likeness (QED) is 0.876. The molecular formula is C15H22FN3. The molecule has 1 aromatic carbocycles. The fourth-order valence-corrected chi connectivity index (χ4v) is 2.33. The lowest BCUT2D eigenvalue weighted by atomic mass is 9.94. The van der Waals surface area contributed by atoms with Crippen LogP contribution in [0.2, 0.25) is 0 Å². The first-order valence-corrected chi connectivity index (χ1v) is 6.90. The van der Waals surface area contributed by atoms with Gasteiger partial charge in [0, 0.05) is 12.1 Å². The number of hydrogen-bond acceptors (Lipinski definition) is 3. The van der Waals surface area contributed by atoms with E-state index in [2.05, 4.69) is 29.5 Å². The second-order valence-electron chi connectivity index (χ2n) is 5.23. The Morgan fingerprint density at radius 1 is 1.37 bits per heavy atom. The lowest BCUT2D eigenvalue weighted by Gasteiger charge is -2.26. The van der Waals surface area contributed by atoms with E-state index in [4.69, 9.17) is 0 Å². The third kappa shape index (κ3) is 3.06. The van der Waals surface area contributed by atoms with E-state index in [0.29, 0.717) is 12.1 Å². The highest BCUT2D eigenvalue weighted by Gasteiger charge is 2.31. The molecule has 19 heavy (non-hydrogen) atoms. The standard InChI is InChI=1S/C15H22FN3/c1-4-15(5-2)10-18-14(19-15)17-9-12-8-11(3)6-7-13(12)16/h6-8H,4-5,9-10H2,1-3H3,(H2,17,18,19). The third-order valence-electron chi connectivity index (χ3n) is 3.92. The Morgan fingerprint density at radius 3 is 2.74 bits per heavy atom. The number of benzene rings is 1. The Hall–Kier alpha value is -1.58. The summed E-state index contributed by atoms with van der Waals surface area (Å²) >= 11 is 0. The maximum Gasteiger partial charge on any atom is 0.192 e. The van der Waals surface area contributed by atoms with Crippen LogP contribution >= 0.6 is 0 Å². The van der Waals surface area contributed by atoms with Crippen molar-refractivity contribution in [1.82, 2.24) is 10.6 Å². The molecule has 0 aliphatic carbocycles. The smallest absolute Gasteiger partial charge is 0.192 e. The van der Waals surface area contributed by atoms with Crippen LogP contribution < -0.4 is 10.6 Å². The molecule has 0 amide bonds. The van der Waals surface area contributed by atoms with Crippen LogP contribution in [-0.4, -0.2) is 18.0 Å². The van der Waals surface area contributed by atoms with Gasteiger partial charge in [0.15, 0.2) is 5.96 Å². The number of aryl methyl sites for hydroxylation is 1. The predicted molar refractivity (Wildman–Crippen MR) is 76.7 cm³/mol. The zero-order chi connectivity index (χ0) is 13.9. The third-order valence-corrected chi connectivity index (χ3v) is 3.92. The largest absolute Gasteiger partial charge is 0.352 e. The average Bonchev–Trinajstić information content (AvgIpc) is 2.84. The predicted octanol–water partition coefficient (Wildman–Crippen LogP) is 2.74. The molecule has 0 unspecified atom stereocenters. The fraction of sp³-hybridized carbons (Fsp3) is 0.533. The maximum absolute atomic E-state index is 13.6. The highest BCUT2D eigenvalue weighted by Crippen LogP contribution is 2.19. The number of aliphatic imine (C=N–C) groups is 1. The van der Waals surface area contributed by atoms with Crippen molar-refractivity contribution in [3.63, 3.8) is 0 Å². The Labute approximate surface area is 114 Å². The van der Waals surface area contributed by atoms with E-state index in [1.165, 1.54) is 6.07 Å². The molecule has 104 valence electrons. The zero-order valence-corrected chi connectivity index (χ0v) is 11.9. The molecule has 0 fully saturated rings. The summed E-state index contributed by atoms with van der Waals surface area (Å²) in [6, 6.07) is 5.16. The summed E-state index contributed by atoms with van der Waals surface area (Å²) in [7, 11) is 0. The molecule has 3 nitrogen and oxygen atoms in total. The first-order valence-electron chi connectivity index (χ1n) is 6.90. The lowest BCUT2D eigenvalue weighted by Crippen LogP contribution is -2.48. The molecule has 0 saturated carbocycles. The molecule has 2 rings (SSSR count). The van der Waals surface area contributed by atoms with Gasteiger partial charge in [-0.3, -0.25) is 4.99 Å². The van der Waals surface area contributed by atoms with Crippen LogP contribution in [0, 0.1) is 12.7 Å².